The average molecular weight is 292 g/mol. The van der Waals surface area contributed by atoms with Crippen LogP contribution < -0.4 is 10.6 Å². The number of hydrogen-bond donors (Lipinski definition) is 4. The zero-order chi connectivity index (χ0) is 15.2. The van der Waals surface area contributed by atoms with Gasteiger partial charge in [-0.05, 0) is 6.07 Å². The molecule has 9 heteroatoms. The van der Waals surface area contributed by atoms with Gasteiger partial charge in [0, 0.05) is 31.6 Å². The molecule has 21 heavy (non-hydrogen) atoms. The van der Waals surface area contributed by atoms with Crippen LogP contribution in [0.2, 0.25) is 0 Å². The fourth-order valence-corrected chi connectivity index (χ4v) is 1.75. The molecule has 0 radical (unpaired) electrons. The number of H-pyrrole nitrogens is 1. The summed E-state index contributed by atoms with van der Waals surface area (Å²) in [5, 5.41) is 18.2. The van der Waals surface area contributed by atoms with E-state index in [0.717, 1.165) is 0 Å². The van der Waals surface area contributed by atoms with Crippen molar-refractivity contribution in [3.63, 3.8) is 0 Å². The number of amides is 2. The first-order chi connectivity index (χ1) is 10.0. The van der Waals surface area contributed by atoms with Crippen molar-refractivity contribution in [2.24, 2.45) is 7.05 Å². The number of urea groups is 1. The standard InChI is InChI=1S/C12H16N6O3/c1-18-3-2-8(17-18)6-14-12(21)16-10(11(19)20)4-9-5-13-7-15-9/h2-3,5,7,10H,4,6H2,1H3,(H,13,15)(H,19,20)(H2,14,16,21)/t10-/m0/s1. The molecule has 0 aromatic carbocycles. The molecule has 0 spiro atoms. The van der Waals surface area contributed by atoms with Crippen LogP contribution in [0, 0.1) is 0 Å². The molecule has 0 bridgehead atoms. The molecule has 112 valence electrons. The predicted molar refractivity (Wildman–Crippen MR) is 72.3 cm³/mol. The summed E-state index contributed by atoms with van der Waals surface area (Å²) >= 11 is 0. The lowest BCUT2D eigenvalue weighted by molar-refractivity contribution is -0.139. The molecule has 9 nitrogen and oxygen atoms in total. The first kappa shape index (κ1) is 14.6. The minimum absolute atomic E-state index is 0.131. The van der Waals surface area contributed by atoms with Crippen LogP contribution in [0.5, 0.6) is 0 Å². The Hall–Kier alpha value is -2.84. The van der Waals surface area contributed by atoms with Gasteiger partial charge in [-0.25, -0.2) is 14.6 Å². The van der Waals surface area contributed by atoms with E-state index in [4.69, 9.17) is 5.11 Å². The Morgan fingerprint density at radius 2 is 2.33 bits per heavy atom. The lowest BCUT2D eigenvalue weighted by Crippen LogP contribution is -2.47. The second-order valence-corrected chi connectivity index (χ2v) is 4.48. The highest BCUT2D eigenvalue weighted by atomic mass is 16.4. The second-order valence-electron chi connectivity index (χ2n) is 4.48. The molecule has 2 aromatic rings. The number of carbonyl (C=O) groups excluding carboxylic acids is 1. The summed E-state index contributed by atoms with van der Waals surface area (Å²) in [6.45, 7) is 0.225. The van der Waals surface area contributed by atoms with Gasteiger partial charge in [-0.1, -0.05) is 0 Å². The van der Waals surface area contributed by atoms with Crippen LogP contribution in [0.1, 0.15) is 11.4 Å². The Kier molecular flexibility index (Phi) is 4.54. The van der Waals surface area contributed by atoms with Crippen LogP contribution in [-0.4, -0.2) is 42.9 Å². The summed E-state index contributed by atoms with van der Waals surface area (Å²) < 4.78 is 1.62. The SMILES string of the molecule is Cn1ccc(CNC(=O)N[C@@H](Cc2cnc[nH]2)C(=O)O)n1. The van der Waals surface area contributed by atoms with Gasteiger partial charge >= 0.3 is 12.0 Å². The quantitative estimate of drug-likeness (QED) is 0.578. The highest BCUT2D eigenvalue weighted by molar-refractivity contribution is 5.82. The minimum Gasteiger partial charge on any atom is -0.480 e. The number of carboxylic acids is 1. The summed E-state index contributed by atoms with van der Waals surface area (Å²) in [5.74, 6) is -1.11. The number of nitrogens with zero attached hydrogens (tertiary/aromatic N) is 3. The molecule has 4 N–H and O–H groups in total. The van der Waals surface area contributed by atoms with Gasteiger partial charge in [0.05, 0.1) is 18.6 Å². The Morgan fingerprint density at radius 1 is 1.52 bits per heavy atom. The molecule has 0 aliphatic rings. The second kappa shape index (κ2) is 6.55. The Balaban J connectivity index is 1.84. The lowest BCUT2D eigenvalue weighted by atomic mass is 10.2. The number of carbonyl (C=O) groups is 2. The molecule has 2 aromatic heterocycles. The number of aryl methyl sites for hydroxylation is 1. The van der Waals surface area contributed by atoms with Crippen LogP contribution in [-0.2, 0) is 24.8 Å². The van der Waals surface area contributed by atoms with Crippen molar-refractivity contribution in [3.05, 3.63) is 36.2 Å². The van der Waals surface area contributed by atoms with Gasteiger partial charge in [-0.15, -0.1) is 0 Å². The molecule has 0 saturated carbocycles. The number of nitrogens with one attached hydrogen (secondary N) is 3. The summed E-state index contributed by atoms with van der Waals surface area (Å²) in [6, 6.07) is 0.168. The van der Waals surface area contributed by atoms with E-state index in [1.54, 1.807) is 24.0 Å². The molecule has 0 aliphatic heterocycles. The fourth-order valence-electron chi connectivity index (χ4n) is 1.75. The van der Waals surface area contributed by atoms with E-state index >= 15 is 0 Å². The molecule has 0 unspecified atom stereocenters. The number of hydrogen-bond acceptors (Lipinski definition) is 4. The number of aromatic amines is 1. The molecule has 2 heterocycles. The molecule has 0 saturated heterocycles. The zero-order valence-electron chi connectivity index (χ0n) is 11.4. The number of aromatic nitrogens is 4. The molecular formula is C12H16N6O3. The summed E-state index contributed by atoms with van der Waals surface area (Å²) in [7, 11) is 1.77. The summed E-state index contributed by atoms with van der Waals surface area (Å²) in [5.41, 5.74) is 1.32. The van der Waals surface area contributed by atoms with Crippen molar-refractivity contribution in [1.82, 2.24) is 30.4 Å². The van der Waals surface area contributed by atoms with Gasteiger partial charge in [-0.2, -0.15) is 5.10 Å². The van der Waals surface area contributed by atoms with Crippen LogP contribution in [0.3, 0.4) is 0 Å². The van der Waals surface area contributed by atoms with Crippen molar-refractivity contribution < 1.29 is 14.7 Å². The largest absolute Gasteiger partial charge is 0.480 e. The van der Waals surface area contributed by atoms with Gasteiger partial charge in [0.2, 0.25) is 0 Å². The lowest BCUT2D eigenvalue weighted by Gasteiger charge is -2.14. The van der Waals surface area contributed by atoms with Gasteiger partial charge in [0.25, 0.3) is 0 Å². The van der Waals surface area contributed by atoms with Gasteiger partial charge in [0.15, 0.2) is 0 Å². The zero-order valence-corrected chi connectivity index (χ0v) is 11.4. The normalized spacial score (nSPS) is 11.9. The van der Waals surface area contributed by atoms with Crippen molar-refractivity contribution >= 4 is 12.0 Å². The maximum absolute atomic E-state index is 11.7. The number of carboxylic acid groups (broad SMARTS) is 1. The van der Waals surface area contributed by atoms with E-state index in [2.05, 4.69) is 25.7 Å². The smallest absolute Gasteiger partial charge is 0.326 e. The van der Waals surface area contributed by atoms with Crippen LogP contribution in [0.25, 0.3) is 0 Å². The first-order valence-electron chi connectivity index (χ1n) is 6.27. The van der Waals surface area contributed by atoms with Gasteiger partial charge in [0.1, 0.15) is 6.04 Å². The topological polar surface area (TPSA) is 125 Å². The van der Waals surface area contributed by atoms with Gasteiger partial charge in [-0.3, -0.25) is 4.68 Å². The molecule has 0 fully saturated rings. The average Bonchev–Trinajstić information content (AvgIpc) is 3.07. The third-order valence-electron chi connectivity index (χ3n) is 2.78. The Bertz CT molecular complexity index is 606. The van der Waals surface area contributed by atoms with Crippen molar-refractivity contribution in [3.8, 4) is 0 Å². The highest BCUT2D eigenvalue weighted by Gasteiger charge is 2.20. The van der Waals surface area contributed by atoms with Crippen LogP contribution >= 0.6 is 0 Å². The van der Waals surface area contributed by atoms with Crippen molar-refractivity contribution in [1.29, 1.82) is 0 Å². The van der Waals surface area contributed by atoms with E-state index in [1.165, 1.54) is 12.5 Å². The summed E-state index contributed by atoms with van der Waals surface area (Å²) in [6.07, 6.45) is 4.86. The Morgan fingerprint density at radius 3 is 2.90 bits per heavy atom. The first-order valence-corrected chi connectivity index (χ1v) is 6.27. The van der Waals surface area contributed by atoms with E-state index in [-0.39, 0.29) is 13.0 Å². The van der Waals surface area contributed by atoms with E-state index < -0.39 is 18.0 Å². The van der Waals surface area contributed by atoms with Crippen LogP contribution in [0.15, 0.2) is 24.8 Å². The maximum Gasteiger partial charge on any atom is 0.326 e. The highest BCUT2D eigenvalue weighted by Crippen LogP contribution is 1.99. The number of imidazole rings is 1. The third-order valence-corrected chi connectivity index (χ3v) is 2.78. The van der Waals surface area contributed by atoms with Gasteiger partial charge < -0.3 is 20.7 Å². The van der Waals surface area contributed by atoms with Crippen molar-refractivity contribution in [2.75, 3.05) is 0 Å². The Labute approximate surface area is 120 Å². The number of aliphatic carboxylic acids is 1. The van der Waals surface area contributed by atoms with Crippen molar-refractivity contribution in [2.45, 2.75) is 19.0 Å². The molecule has 2 rings (SSSR count). The molecule has 2 amide bonds. The molecular weight excluding hydrogens is 276 g/mol. The number of rotatable bonds is 6. The van der Waals surface area contributed by atoms with E-state index in [9.17, 15) is 9.59 Å². The maximum atomic E-state index is 11.7. The minimum atomic E-state index is -1.11. The molecule has 0 aliphatic carbocycles. The molecule has 1 atom stereocenters. The van der Waals surface area contributed by atoms with Crippen LogP contribution in [0.4, 0.5) is 4.79 Å². The summed E-state index contributed by atoms with van der Waals surface area (Å²) in [4.78, 5) is 29.5. The fraction of sp³-hybridized carbons (Fsp3) is 0.333. The van der Waals surface area contributed by atoms with E-state index in [1.807, 2.05) is 0 Å². The van der Waals surface area contributed by atoms with E-state index in [0.29, 0.717) is 11.4 Å². The monoisotopic (exact) mass is 292 g/mol. The predicted octanol–water partition coefficient (Wildman–Crippen LogP) is -0.362. The third kappa shape index (κ3) is 4.34.